The molecule has 0 amide bonds. The van der Waals surface area contributed by atoms with Gasteiger partial charge in [0.25, 0.3) is 0 Å². The van der Waals surface area contributed by atoms with Gasteiger partial charge < -0.3 is 15.0 Å². The number of hydrogen-bond donors (Lipinski definition) is 1. The van der Waals surface area contributed by atoms with Gasteiger partial charge in [-0.15, -0.1) is 11.3 Å². The summed E-state index contributed by atoms with van der Waals surface area (Å²) in [5.74, 6) is 0. The lowest BCUT2D eigenvalue weighted by Crippen LogP contribution is -2.44. The molecule has 1 aliphatic heterocycles. The number of halogens is 1. The predicted molar refractivity (Wildman–Crippen MR) is 68.3 cm³/mol. The molecule has 1 aromatic rings. The van der Waals surface area contributed by atoms with Crippen LogP contribution in [0.25, 0.3) is 0 Å². The van der Waals surface area contributed by atoms with Gasteiger partial charge in [0.05, 0.1) is 17.0 Å². The fourth-order valence-corrected chi connectivity index (χ4v) is 2.85. The first-order valence-electron chi connectivity index (χ1n) is 5.49. The Hall–Kier alpha value is -0.130. The van der Waals surface area contributed by atoms with E-state index in [1.54, 1.807) is 11.3 Å². The fraction of sp³-hybridized carbons (Fsp3) is 0.636. The zero-order chi connectivity index (χ0) is 11.4. The summed E-state index contributed by atoms with van der Waals surface area (Å²) in [4.78, 5) is 3.58. The van der Waals surface area contributed by atoms with Gasteiger partial charge in [0, 0.05) is 31.1 Å². The largest absolute Gasteiger partial charge is 0.374 e. The predicted octanol–water partition coefficient (Wildman–Crippen LogP) is 1.82. The smallest absolute Gasteiger partial charge is 0.0931 e. The van der Waals surface area contributed by atoms with E-state index in [0.29, 0.717) is 6.10 Å². The van der Waals surface area contributed by atoms with Gasteiger partial charge in [-0.2, -0.15) is 0 Å². The van der Waals surface area contributed by atoms with Crippen LogP contribution in [0.2, 0.25) is 4.34 Å². The van der Waals surface area contributed by atoms with Crippen LogP contribution in [0.3, 0.4) is 0 Å². The van der Waals surface area contributed by atoms with Gasteiger partial charge >= 0.3 is 0 Å². The van der Waals surface area contributed by atoms with E-state index in [1.165, 1.54) is 4.88 Å². The van der Waals surface area contributed by atoms with Crippen molar-refractivity contribution in [3.8, 4) is 0 Å². The number of ether oxygens (including phenoxy) is 1. The average Bonchev–Trinajstić information content (AvgIpc) is 2.64. The Labute approximate surface area is 105 Å². The third-order valence-electron chi connectivity index (χ3n) is 2.64. The molecule has 16 heavy (non-hydrogen) atoms. The Bertz CT molecular complexity index is 332. The van der Waals surface area contributed by atoms with E-state index in [4.69, 9.17) is 16.3 Å². The maximum absolute atomic E-state index is 5.87. The van der Waals surface area contributed by atoms with Gasteiger partial charge in [-0.05, 0) is 19.2 Å². The Morgan fingerprint density at radius 2 is 2.50 bits per heavy atom. The normalized spacial score (nSPS) is 22.5. The summed E-state index contributed by atoms with van der Waals surface area (Å²) in [5, 5.41) is 3.41. The van der Waals surface area contributed by atoms with Crippen molar-refractivity contribution in [2.24, 2.45) is 0 Å². The molecule has 0 aromatic carbocycles. The number of morpholine rings is 1. The molecule has 5 heteroatoms. The highest BCUT2D eigenvalue weighted by Crippen LogP contribution is 2.20. The highest BCUT2D eigenvalue weighted by atomic mass is 35.5. The number of rotatable bonds is 4. The van der Waals surface area contributed by atoms with E-state index in [9.17, 15) is 0 Å². The number of thiophene rings is 1. The molecule has 2 heterocycles. The molecule has 0 spiro atoms. The van der Waals surface area contributed by atoms with Crippen molar-refractivity contribution in [2.45, 2.75) is 12.6 Å². The molecule has 1 unspecified atom stereocenters. The van der Waals surface area contributed by atoms with Crippen LogP contribution in [0.4, 0.5) is 0 Å². The Kier molecular flexibility index (Phi) is 4.61. The van der Waals surface area contributed by atoms with Crippen molar-refractivity contribution in [1.82, 2.24) is 10.2 Å². The summed E-state index contributed by atoms with van der Waals surface area (Å²) >= 11 is 7.49. The van der Waals surface area contributed by atoms with Crippen LogP contribution in [0.15, 0.2) is 12.1 Å². The SMILES string of the molecule is CN1CCOC(CNCc2ccc(Cl)s2)C1. The van der Waals surface area contributed by atoms with Crippen LogP contribution in [0.1, 0.15) is 4.88 Å². The first kappa shape index (κ1) is 12.3. The van der Waals surface area contributed by atoms with E-state index in [2.05, 4.69) is 23.3 Å². The van der Waals surface area contributed by atoms with Crippen molar-refractivity contribution in [2.75, 3.05) is 33.3 Å². The highest BCUT2D eigenvalue weighted by molar-refractivity contribution is 7.16. The fourth-order valence-electron chi connectivity index (χ4n) is 1.79. The molecule has 0 aliphatic carbocycles. The molecule has 1 atom stereocenters. The molecular weight excluding hydrogens is 244 g/mol. The van der Waals surface area contributed by atoms with Gasteiger partial charge in [0.1, 0.15) is 0 Å². The van der Waals surface area contributed by atoms with E-state index in [1.807, 2.05) is 6.07 Å². The molecule has 0 radical (unpaired) electrons. The number of likely N-dealkylation sites (N-methyl/N-ethyl adjacent to an activating group) is 1. The number of nitrogens with zero attached hydrogens (tertiary/aromatic N) is 1. The number of nitrogens with one attached hydrogen (secondary N) is 1. The van der Waals surface area contributed by atoms with E-state index < -0.39 is 0 Å². The molecule has 1 aliphatic rings. The second-order valence-corrected chi connectivity index (χ2v) is 5.89. The van der Waals surface area contributed by atoms with E-state index in [-0.39, 0.29) is 0 Å². The Morgan fingerprint density at radius 3 is 3.19 bits per heavy atom. The van der Waals surface area contributed by atoms with Gasteiger partial charge in [-0.1, -0.05) is 11.6 Å². The molecule has 0 saturated carbocycles. The minimum absolute atomic E-state index is 0.314. The third-order valence-corrected chi connectivity index (χ3v) is 3.87. The monoisotopic (exact) mass is 260 g/mol. The molecule has 1 fully saturated rings. The Morgan fingerprint density at radius 1 is 1.62 bits per heavy atom. The lowest BCUT2D eigenvalue weighted by atomic mass is 10.3. The van der Waals surface area contributed by atoms with Crippen LogP contribution in [0.5, 0.6) is 0 Å². The van der Waals surface area contributed by atoms with Crippen molar-refractivity contribution in [3.63, 3.8) is 0 Å². The van der Waals surface area contributed by atoms with E-state index >= 15 is 0 Å². The molecule has 1 N–H and O–H groups in total. The molecule has 90 valence electrons. The maximum Gasteiger partial charge on any atom is 0.0931 e. The van der Waals surface area contributed by atoms with Crippen LogP contribution in [-0.2, 0) is 11.3 Å². The first-order chi connectivity index (χ1) is 7.74. The van der Waals surface area contributed by atoms with Crippen molar-refractivity contribution in [3.05, 3.63) is 21.3 Å². The molecule has 2 rings (SSSR count). The van der Waals surface area contributed by atoms with Crippen molar-refractivity contribution < 1.29 is 4.74 Å². The van der Waals surface area contributed by atoms with Crippen LogP contribution in [0, 0.1) is 0 Å². The summed E-state index contributed by atoms with van der Waals surface area (Å²) in [6.07, 6.45) is 0.314. The highest BCUT2D eigenvalue weighted by Gasteiger charge is 2.16. The topological polar surface area (TPSA) is 24.5 Å². The van der Waals surface area contributed by atoms with Crippen LogP contribution in [-0.4, -0.2) is 44.3 Å². The second-order valence-electron chi connectivity index (χ2n) is 4.09. The molecule has 3 nitrogen and oxygen atoms in total. The molecule has 1 saturated heterocycles. The zero-order valence-corrected chi connectivity index (χ0v) is 11.0. The Balaban J connectivity index is 1.67. The zero-order valence-electron chi connectivity index (χ0n) is 9.41. The van der Waals surface area contributed by atoms with Crippen LogP contribution < -0.4 is 5.32 Å². The van der Waals surface area contributed by atoms with E-state index in [0.717, 1.165) is 37.1 Å². The summed E-state index contributed by atoms with van der Waals surface area (Å²) < 4.78 is 6.52. The lowest BCUT2D eigenvalue weighted by molar-refractivity contribution is -0.0181. The molecule has 0 bridgehead atoms. The minimum atomic E-state index is 0.314. The van der Waals surface area contributed by atoms with Crippen molar-refractivity contribution >= 4 is 22.9 Å². The van der Waals surface area contributed by atoms with Gasteiger partial charge in [0.15, 0.2) is 0 Å². The average molecular weight is 261 g/mol. The lowest BCUT2D eigenvalue weighted by Gasteiger charge is -2.30. The first-order valence-corrected chi connectivity index (χ1v) is 6.68. The number of hydrogen-bond acceptors (Lipinski definition) is 4. The van der Waals surface area contributed by atoms with Crippen LogP contribution >= 0.6 is 22.9 Å². The molecule has 1 aromatic heterocycles. The third kappa shape index (κ3) is 3.71. The second kappa shape index (κ2) is 5.98. The van der Waals surface area contributed by atoms with Gasteiger partial charge in [-0.3, -0.25) is 0 Å². The summed E-state index contributed by atoms with van der Waals surface area (Å²) in [7, 11) is 2.13. The van der Waals surface area contributed by atoms with Gasteiger partial charge in [0.2, 0.25) is 0 Å². The maximum atomic E-state index is 5.87. The van der Waals surface area contributed by atoms with Crippen molar-refractivity contribution in [1.29, 1.82) is 0 Å². The summed E-state index contributed by atoms with van der Waals surface area (Å²) in [5.41, 5.74) is 0. The summed E-state index contributed by atoms with van der Waals surface area (Å²) in [6.45, 7) is 4.67. The summed E-state index contributed by atoms with van der Waals surface area (Å²) in [6, 6.07) is 4.00. The standard InChI is InChI=1S/C11H17ClN2OS/c1-14-4-5-15-9(8-14)6-13-7-10-2-3-11(12)16-10/h2-3,9,13H,4-8H2,1H3. The van der Waals surface area contributed by atoms with Gasteiger partial charge in [-0.25, -0.2) is 0 Å². The minimum Gasteiger partial charge on any atom is -0.374 e. The quantitative estimate of drug-likeness (QED) is 0.894. The molecular formula is C11H17ClN2OS.